The number of thioether (sulfide) groups is 1. The monoisotopic (exact) mass is 432 g/mol. The van der Waals surface area contributed by atoms with E-state index in [1.807, 2.05) is 12.1 Å². The van der Waals surface area contributed by atoms with Crippen molar-refractivity contribution in [3.63, 3.8) is 0 Å². The Bertz CT molecular complexity index is 1040. The molecule has 152 valence electrons. The fourth-order valence-corrected chi connectivity index (χ4v) is 3.47. The third-order valence-electron chi connectivity index (χ3n) is 4.35. The van der Waals surface area contributed by atoms with Gasteiger partial charge in [-0.1, -0.05) is 35.5 Å². The Hall–Kier alpha value is -2.64. The number of ether oxygens (including phenoxy) is 2. The fourth-order valence-electron chi connectivity index (χ4n) is 2.62. The maximum absolute atomic E-state index is 12.3. The number of amides is 1. The first-order valence-corrected chi connectivity index (χ1v) is 10.1. The van der Waals surface area contributed by atoms with Gasteiger partial charge < -0.3 is 19.2 Å². The lowest BCUT2D eigenvalue weighted by Crippen LogP contribution is -2.14. The van der Waals surface area contributed by atoms with Crippen molar-refractivity contribution in [3.05, 3.63) is 52.7 Å². The molecule has 1 amide bonds. The summed E-state index contributed by atoms with van der Waals surface area (Å²) in [6.45, 7) is 4.11. The smallest absolute Gasteiger partial charge is 0.256 e. The SMILES string of the molecule is COc1cc(OC)c(NC(=O)CSc2ncc(-c3ccc(C)c(C)c3)o2)cc1Cl. The zero-order chi connectivity index (χ0) is 21.0. The van der Waals surface area contributed by atoms with Gasteiger partial charge in [0.2, 0.25) is 5.91 Å². The van der Waals surface area contributed by atoms with Crippen molar-refractivity contribution in [1.82, 2.24) is 4.98 Å². The Morgan fingerprint density at radius 2 is 1.90 bits per heavy atom. The normalized spacial score (nSPS) is 10.7. The van der Waals surface area contributed by atoms with Crippen LogP contribution in [0.2, 0.25) is 5.02 Å². The van der Waals surface area contributed by atoms with Gasteiger partial charge in [-0.2, -0.15) is 0 Å². The van der Waals surface area contributed by atoms with E-state index >= 15 is 0 Å². The molecule has 1 heterocycles. The number of hydrogen-bond donors (Lipinski definition) is 1. The topological polar surface area (TPSA) is 73.6 Å². The Morgan fingerprint density at radius 3 is 2.59 bits per heavy atom. The average molecular weight is 433 g/mol. The van der Waals surface area contributed by atoms with Gasteiger partial charge in [0.25, 0.3) is 5.22 Å². The highest BCUT2D eigenvalue weighted by Gasteiger charge is 2.14. The number of nitrogens with zero attached hydrogens (tertiary/aromatic N) is 1. The van der Waals surface area contributed by atoms with E-state index in [0.29, 0.717) is 33.2 Å². The highest BCUT2D eigenvalue weighted by Crippen LogP contribution is 2.36. The number of halogens is 1. The lowest BCUT2D eigenvalue weighted by Gasteiger charge is -2.12. The van der Waals surface area contributed by atoms with Crippen molar-refractivity contribution in [2.75, 3.05) is 25.3 Å². The van der Waals surface area contributed by atoms with Crippen LogP contribution in [-0.4, -0.2) is 30.9 Å². The van der Waals surface area contributed by atoms with Crippen LogP contribution in [0, 0.1) is 13.8 Å². The van der Waals surface area contributed by atoms with E-state index in [0.717, 1.165) is 5.56 Å². The second-order valence-electron chi connectivity index (χ2n) is 6.31. The largest absolute Gasteiger partial charge is 0.495 e. The number of carbonyl (C=O) groups is 1. The number of aryl methyl sites for hydroxylation is 2. The van der Waals surface area contributed by atoms with Crippen LogP contribution in [0.25, 0.3) is 11.3 Å². The van der Waals surface area contributed by atoms with E-state index in [4.69, 9.17) is 25.5 Å². The molecular weight excluding hydrogens is 412 g/mol. The van der Waals surface area contributed by atoms with E-state index in [9.17, 15) is 4.79 Å². The van der Waals surface area contributed by atoms with Crippen LogP contribution in [0.15, 0.2) is 46.2 Å². The minimum atomic E-state index is -0.236. The van der Waals surface area contributed by atoms with Crippen molar-refractivity contribution >= 4 is 35.0 Å². The third-order valence-corrected chi connectivity index (χ3v) is 5.49. The van der Waals surface area contributed by atoms with Gasteiger partial charge in [-0.05, 0) is 37.1 Å². The molecule has 0 aliphatic rings. The molecule has 0 unspecified atom stereocenters. The first-order chi connectivity index (χ1) is 13.9. The Morgan fingerprint density at radius 1 is 1.14 bits per heavy atom. The lowest BCUT2D eigenvalue weighted by molar-refractivity contribution is -0.113. The minimum Gasteiger partial charge on any atom is -0.495 e. The average Bonchev–Trinajstić information content (AvgIpc) is 3.18. The van der Waals surface area contributed by atoms with Crippen LogP contribution in [0.3, 0.4) is 0 Å². The highest BCUT2D eigenvalue weighted by atomic mass is 35.5. The molecule has 0 saturated carbocycles. The summed E-state index contributed by atoms with van der Waals surface area (Å²) in [7, 11) is 3.02. The zero-order valence-electron chi connectivity index (χ0n) is 16.5. The summed E-state index contributed by atoms with van der Waals surface area (Å²) in [5.41, 5.74) is 3.81. The summed E-state index contributed by atoms with van der Waals surface area (Å²) in [5, 5.41) is 3.58. The van der Waals surface area contributed by atoms with Crippen LogP contribution in [-0.2, 0) is 4.79 Å². The quantitative estimate of drug-likeness (QED) is 0.506. The van der Waals surface area contributed by atoms with E-state index < -0.39 is 0 Å². The summed E-state index contributed by atoms with van der Waals surface area (Å²) in [6.07, 6.45) is 1.66. The Kier molecular flexibility index (Phi) is 6.71. The molecule has 0 saturated heterocycles. The number of methoxy groups -OCH3 is 2. The Balaban J connectivity index is 1.64. The van der Waals surface area contributed by atoms with Gasteiger partial charge >= 0.3 is 0 Å². The van der Waals surface area contributed by atoms with Gasteiger partial charge in [-0.25, -0.2) is 4.98 Å². The maximum Gasteiger partial charge on any atom is 0.256 e. The molecule has 3 aromatic rings. The predicted molar refractivity (Wildman–Crippen MR) is 115 cm³/mol. The first-order valence-electron chi connectivity index (χ1n) is 8.79. The molecular formula is C21H21ClN2O4S. The van der Waals surface area contributed by atoms with Crippen LogP contribution < -0.4 is 14.8 Å². The van der Waals surface area contributed by atoms with Gasteiger partial charge in [0.1, 0.15) is 11.5 Å². The predicted octanol–water partition coefficient (Wildman–Crippen LogP) is 5.36. The molecule has 1 aromatic heterocycles. The summed E-state index contributed by atoms with van der Waals surface area (Å²) in [5.74, 6) is 1.48. The summed E-state index contributed by atoms with van der Waals surface area (Å²) < 4.78 is 16.2. The van der Waals surface area contributed by atoms with Crippen LogP contribution in [0.4, 0.5) is 5.69 Å². The molecule has 0 aliphatic heterocycles. The molecule has 0 atom stereocenters. The number of anilines is 1. The molecule has 29 heavy (non-hydrogen) atoms. The maximum atomic E-state index is 12.3. The minimum absolute atomic E-state index is 0.125. The summed E-state index contributed by atoms with van der Waals surface area (Å²) in [4.78, 5) is 16.6. The van der Waals surface area contributed by atoms with Crippen molar-refractivity contribution < 1.29 is 18.7 Å². The number of rotatable bonds is 7. The zero-order valence-corrected chi connectivity index (χ0v) is 18.1. The fraction of sp³-hybridized carbons (Fsp3) is 0.238. The number of oxazole rings is 1. The van der Waals surface area contributed by atoms with E-state index in [1.54, 1.807) is 18.3 Å². The number of carbonyl (C=O) groups excluding carboxylic acids is 1. The lowest BCUT2D eigenvalue weighted by atomic mass is 10.1. The number of nitrogens with one attached hydrogen (secondary N) is 1. The second kappa shape index (κ2) is 9.24. The van der Waals surface area contributed by atoms with Gasteiger partial charge in [0.05, 0.1) is 36.9 Å². The first kappa shape index (κ1) is 21.1. The van der Waals surface area contributed by atoms with Crippen molar-refractivity contribution in [1.29, 1.82) is 0 Å². The van der Waals surface area contributed by atoms with Crippen LogP contribution >= 0.6 is 23.4 Å². The molecule has 3 rings (SSSR count). The number of aromatic nitrogens is 1. The van der Waals surface area contributed by atoms with Crippen LogP contribution in [0.1, 0.15) is 11.1 Å². The number of hydrogen-bond acceptors (Lipinski definition) is 6. The van der Waals surface area contributed by atoms with Crippen molar-refractivity contribution in [2.45, 2.75) is 19.1 Å². The summed E-state index contributed by atoms with van der Waals surface area (Å²) in [6, 6.07) is 9.29. The van der Waals surface area contributed by atoms with E-state index in [-0.39, 0.29) is 11.7 Å². The van der Waals surface area contributed by atoms with Gasteiger partial charge in [0.15, 0.2) is 5.76 Å². The molecule has 0 fully saturated rings. The molecule has 0 bridgehead atoms. The van der Waals surface area contributed by atoms with E-state index in [2.05, 4.69) is 30.2 Å². The van der Waals surface area contributed by atoms with E-state index in [1.165, 1.54) is 37.1 Å². The molecule has 8 heteroatoms. The second-order valence-corrected chi connectivity index (χ2v) is 7.65. The molecule has 0 radical (unpaired) electrons. The molecule has 2 aromatic carbocycles. The third kappa shape index (κ3) is 5.05. The van der Waals surface area contributed by atoms with Gasteiger partial charge in [0, 0.05) is 11.6 Å². The van der Waals surface area contributed by atoms with Gasteiger partial charge in [-0.3, -0.25) is 4.79 Å². The molecule has 0 aliphatic carbocycles. The molecule has 0 spiro atoms. The molecule has 1 N–H and O–H groups in total. The van der Waals surface area contributed by atoms with Crippen LogP contribution in [0.5, 0.6) is 11.5 Å². The highest BCUT2D eigenvalue weighted by molar-refractivity contribution is 7.99. The van der Waals surface area contributed by atoms with Gasteiger partial charge in [-0.15, -0.1) is 0 Å². The Labute approximate surface area is 178 Å². The standard InChI is InChI=1S/C21H21ClN2O4S/c1-12-5-6-14(7-13(12)2)19-10-23-21(28-19)29-11-20(25)24-16-8-15(22)17(26-3)9-18(16)27-4/h5-10H,11H2,1-4H3,(H,24,25). The van der Waals surface area contributed by atoms with Crippen molar-refractivity contribution in [2.24, 2.45) is 0 Å². The number of benzene rings is 2. The molecule has 6 nitrogen and oxygen atoms in total. The summed E-state index contributed by atoms with van der Waals surface area (Å²) >= 11 is 7.34. The van der Waals surface area contributed by atoms with Crippen molar-refractivity contribution in [3.8, 4) is 22.8 Å².